The molecular formula is C23H24Cl2N6O2S. The van der Waals surface area contributed by atoms with E-state index in [0.29, 0.717) is 39.7 Å². The van der Waals surface area contributed by atoms with E-state index in [9.17, 15) is 9.59 Å². The number of nitrogens with zero attached hydrogens (tertiary/aromatic N) is 5. The number of anilines is 1. The van der Waals surface area contributed by atoms with Crippen molar-refractivity contribution in [3.63, 3.8) is 0 Å². The monoisotopic (exact) mass is 518 g/mol. The van der Waals surface area contributed by atoms with Gasteiger partial charge >= 0.3 is 0 Å². The van der Waals surface area contributed by atoms with Gasteiger partial charge in [0.1, 0.15) is 0 Å². The first-order valence-electron chi connectivity index (χ1n) is 10.7. The summed E-state index contributed by atoms with van der Waals surface area (Å²) in [5, 5.41) is 12.4. The third-order valence-corrected chi connectivity index (χ3v) is 7.34. The van der Waals surface area contributed by atoms with Crippen molar-refractivity contribution in [3.8, 4) is 0 Å². The number of halogens is 2. The molecule has 2 amide bonds. The molecule has 178 valence electrons. The van der Waals surface area contributed by atoms with E-state index in [-0.39, 0.29) is 24.1 Å². The van der Waals surface area contributed by atoms with E-state index >= 15 is 0 Å². The van der Waals surface area contributed by atoms with Crippen molar-refractivity contribution in [2.75, 3.05) is 36.8 Å². The van der Waals surface area contributed by atoms with Gasteiger partial charge in [-0.15, -0.1) is 10.2 Å². The zero-order chi connectivity index (χ0) is 24.1. The minimum absolute atomic E-state index is 0.0789. The molecule has 1 aliphatic rings. The number of aromatic nitrogens is 3. The number of rotatable bonds is 7. The number of para-hydroxylation sites is 1. The van der Waals surface area contributed by atoms with Gasteiger partial charge in [0.05, 0.1) is 22.3 Å². The normalized spacial score (nSPS) is 13.7. The second-order valence-corrected chi connectivity index (χ2v) is 9.52. The molecule has 2 aromatic carbocycles. The highest BCUT2D eigenvalue weighted by atomic mass is 35.5. The third kappa shape index (κ3) is 5.84. The Morgan fingerprint density at radius 2 is 1.74 bits per heavy atom. The predicted octanol–water partition coefficient (Wildman–Crippen LogP) is 3.49. The molecule has 0 unspecified atom stereocenters. The lowest BCUT2D eigenvalue weighted by Gasteiger charge is -2.36. The van der Waals surface area contributed by atoms with Crippen molar-refractivity contribution in [1.29, 1.82) is 0 Å². The van der Waals surface area contributed by atoms with E-state index in [4.69, 9.17) is 23.2 Å². The van der Waals surface area contributed by atoms with Crippen LogP contribution in [0.1, 0.15) is 16.2 Å². The van der Waals surface area contributed by atoms with Gasteiger partial charge in [-0.05, 0) is 30.3 Å². The number of amides is 2. The lowest BCUT2D eigenvalue weighted by atomic mass is 10.2. The Balaban J connectivity index is 1.25. The molecule has 1 aromatic heterocycles. The molecule has 0 saturated carbocycles. The Bertz CT molecular complexity index is 1170. The molecule has 3 aromatic rings. The maximum atomic E-state index is 12.7. The first kappa shape index (κ1) is 24.4. The number of nitrogens with one attached hydrogen (secondary N) is 1. The Kier molecular flexibility index (Phi) is 7.97. The lowest BCUT2D eigenvalue weighted by Crippen LogP contribution is -2.49. The molecule has 8 nitrogen and oxygen atoms in total. The van der Waals surface area contributed by atoms with Crippen LogP contribution in [0.4, 0.5) is 5.69 Å². The third-order valence-electron chi connectivity index (χ3n) is 5.59. The highest BCUT2D eigenvalue weighted by Crippen LogP contribution is 2.23. The van der Waals surface area contributed by atoms with E-state index in [2.05, 4.69) is 32.5 Å². The van der Waals surface area contributed by atoms with Crippen LogP contribution in [0.2, 0.25) is 10.0 Å². The van der Waals surface area contributed by atoms with Crippen LogP contribution in [0.5, 0.6) is 0 Å². The highest BCUT2D eigenvalue weighted by Gasteiger charge is 2.22. The molecule has 1 N–H and O–H groups in total. The van der Waals surface area contributed by atoms with Crippen LogP contribution in [-0.2, 0) is 18.4 Å². The van der Waals surface area contributed by atoms with Crippen molar-refractivity contribution in [1.82, 2.24) is 25.0 Å². The Hall–Kier alpha value is -2.75. The smallest absolute Gasteiger partial charge is 0.251 e. The molecule has 0 aliphatic carbocycles. The zero-order valence-electron chi connectivity index (χ0n) is 18.6. The minimum Gasteiger partial charge on any atom is -0.368 e. The van der Waals surface area contributed by atoms with Crippen molar-refractivity contribution < 1.29 is 9.59 Å². The van der Waals surface area contributed by atoms with E-state index in [1.807, 2.05) is 30.1 Å². The van der Waals surface area contributed by atoms with Gasteiger partial charge in [0.15, 0.2) is 11.0 Å². The number of hydrogen-bond donors (Lipinski definition) is 1. The summed E-state index contributed by atoms with van der Waals surface area (Å²) in [4.78, 5) is 29.3. The standard InChI is InChI=1S/C23H24Cl2N6O2S/c1-29-20(14-26-22(33)16-7-8-18(24)19(25)13-16)27-28-23(29)34-15-21(32)31-11-9-30(10-12-31)17-5-3-2-4-6-17/h2-8,13H,9-12,14-15H2,1H3,(H,26,33). The first-order valence-corrected chi connectivity index (χ1v) is 12.5. The summed E-state index contributed by atoms with van der Waals surface area (Å²) in [6, 6.07) is 14.9. The number of hydrogen-bond acceptors (Lipinski definition) is 6. The predicted molar refractivity (Wildman–Crippen MR) is 135 cm³/mol. The van der Waals surface area contributed by atoms with Crippen LogP contribution < -0.4 is 10.2 Å². The van der Waals surface area contributed by atoms with Crippen LogP contribution in [0, 0.1) is 0 Å². The first-order chi connectivity index (χ1) is 16.4. The fraction of sp³-hybridized carbons (Fsp3) is 0.304. The molecule has 1 aliphatic heterocycles. The average molecular weight is 519 g/mol. The molecule has 34 heavy (non-hydrogen) atoms. The summed E-state index contributed by atoms with van der Waals surface area (Å²) in [5.74, 6) is 0.656. The molecule has 4 rings (SSSR count). The summed E-state index contributed by atoms with van der Waals surface area (Å²) in [6.07, 6.45) is 0. The van der Waals surface area contributed by atoms with Gasteiger partial charge in [-0.25, -0.2) is 0 Å². The molecule has 1 saturated heterocycles. The Labute approximate surface area is 212 Å². The Morgan fingerprint density at radius 3 is 2.44 bits per heavy atom. The lowest BCUT2D eigenvalue weighted by molar-refractivity contribution is -0.128. The van der Waals surface area contributed by atoms with E-state index < -0.39 is 0 Å². The van der Waals surface area contributed by atoms with Gasteiger partial charge in [-0.2, -0.15) is 0 Å². The van der Waals surface area contributed by atoms with Crippen molar-refractivity contribution >= 4 is 52.5 Å². The van der Waals surface area contributed by atoms with Gasteiger partial charge in [-0.1, -0.05) is 53.2 Å². The second-order valence-electron chi connectivity index (χ2n) is 7.76. The molecule has 1 fully saturated rings. The van der Waals surface area contributed by atoms with E-state index in [1.54, 1.807) is 16.7 Å². The highest BCUT2D eigenvalue weighted by molar-refractivity contribution is 7.99. The van der Waals surface area contributed by atoms with Crippen LogP contribution in [0.3, 0.4) is 0 Å². The summed E-state index contributed by atoms with van der Waals surface area (Å²) < 4.78 is 1.78. The van der Waals surface area contributed by atoms with E-state index in [0.717, 1.165) is 13.1 Å². The van der Waals surface area contributed by atoms with Gasteiger partial charge in [0, 0.05) is 44.5 Å². The van der Waals surface area contributed by atoms with Crippen LogP contribution in [0.25, 0.3) is 0 Å². The number of benzene rings is 2. The largest absolute Gasteiger partial charge is 0.368 e. The topological polar surface area (TPSA) is 83.4 Å². The summed E-state index contributed by atoms with van der Waals surface area (Å²) in [7, 11) is 1.81. The maximum absolute atomic E-state index is 12.7. The summed E-state index contributed by atoms with van der Waals surface area (Å²) in [5.41, 5.74) is 1.59. The molecule has 11 heteroatoms. The molecule has 0 spiro atoms. The minimum atomic E-state index is -0.291. The van der Waals surface area contributed by atoms with Crippen molar-refractivity contribution in [2.45, 2.75) is 11.7 Å². The Morgan fingerprint density at radius 1 is 1.00 bits per heavy atom. The van der Waals surface area contributed by atoms with Crippen molar-refractivity contribution in [2.24, 2.45) is 7.05 Å². The van der Waals surface area contributed by atoms with Gasteiger partial charge in [0.25, 0.3) is 5.91 Å². The number of piperazine rings is 1. The SMILES string of the molecule is Cn1c(CNC(=O)c2ccc(Cl)c(Cl)c2)nnc1SCC(=O)N1CCN(c2ccccc2)CC1. The fourth-order valence-corrected chi connectivity index (χ4v) is 4.72. The molecule has 0 atom stereocenters. The average Bonchev–Trinajstić information content (AvgIpc) is 3.22. The van der Waals surface area contributed by atoms with Gasteiger partial charge < -0.3 is 19.7 Å². The zero-order valence-corrected chi connectivity index (χ0v) is 20.9. The number of carbonyl (C=O) groups is 2. The van der Waals surface area contributed by atoms with Gasteiger partial charge in [0.2, 0.25) is 5.91 Å². The maximum Gasteiger partial charge on any atom is 0.251 e. The van der Waals surface area contributed by atoms with Crippen molar-refractivity contribution in [3.05, 3.63) is 70.0 Å². The second kappa shape index (κ2) is 11.1. The summed E-state index contributed by atoms with van der Waals surface area (Å²) >= 11 is 13.2. The fourth-order valence-electron chi connectivity index (χ4n) is 3.59. The van der Waals surface area contributed by atoms with Gasteiger partial charge in [-0.3, -0.25) is 9.59 Å². The number of carbonyl (C=O) groups excluding carboxylic acids is 2. The molecule has 0 bridgehead atoms. The molecule has 0 radical (unpaired) electrons. The van der Waals surface area contributed by atoms with E-state index in [1.165, 1.54) is 23.5 Å². The molecule has 2 heterocycles. The molecular weight excluding hydrogens is 495 g/mol. The quantitative estimate of drug-likeness (QED) is 0.482. The number of thioether (sulfide) groups is 1. The summed E-state index contributed by atoms with van der Waals surface area (Å²) in [6.45, 7) is 3.21. The van der Waals surface area contributed by atoms with Crippen LogP contribution in [0.15, 0.2) is 53.7 Å². The van der Waals surface area contributed by atoms with Crippen LogP contribution in [-0.4, -0.2) is 63.4 Å². The van der Waals surface area contributed by atoms with Crippen LogP contribution >= 0.6 is 35.0 Å².